The minimum atomic E-state index is -4.48. The van der Waals surface area contributed by atoms with Crippen LogP contribution in [0.5, 0.6) is 5.75 Å². The van der Waals surface area contributed by atoms with Gasteiger partial charge in [0.1, 0.15) is 24.2 Å². The van der Waals surface area contributed by atoms with Crippen LogP contribution in [0.2, 0.25) is 0 Å². The van der Waals surface area contributed by atoms with Crippen LogP contribution in [-0.4, -0.2) is 16.7 Å². The van der Waals surface area contributed by atoms with Crippen molar-refractivity contribution in [1.82, 2.24) is 4.98 Å². The fourth-order valence-electron chi connectivity index (χ4n) is 1.24. The Hall–Kier alpha value is -1.30. The SMILES string of the molecule is OC1COc2cc(C(F)(F)F)ncc21. The minimum absolute atomic E-state index is 0.0156. The van der Waals surface area contributed by atoms with Gasteiger partial charge in [-0.3, -0.25) is 4.98 Å². The van der Waals surface area contributed by atoms with E-state index in [0.717, 1.165) is 12.3 Å². The van der Waals surface area contributed by atoms with Crippen molar-refractivity contribution in [2.24, 2.45) is 0 Å². The molecule has 76 valence electrons. The number of fused-ring (bicyclic) bond motifs is 1. The van der Waals surface area contributed by atoms with Gasteiger partial charge in [-0.15, -0.1) is 0 Å². The fraction of sp³-hybridized carbons (Fsp3) is 0.375. The summed E-state index contributed by atoms with van der Waals surface area (Å²) >= 11 is 0. The molecule has 3 nitrogen and oxygen atoms in total. The van der Waals surface area contributed by atoms with E-state index in [0.29, 0.717) is 5.56 Å². The standard InChI is InChI=1S/C8H6F3NO2/c9-8(10,11)7-1-6-4(2-12-7)5(13)3-14-6/h1-2,5,13H,3H2. The van der Waals surface area contributed by atoms with E-state index in [1.165, 1.54) is 0 Å². The van der Waals surface area contributed by atoms with Gasteiger partial charge in [0.05, 0.1) is 0 Å². The lowest BCUT2D eigenvalue weighted by Crippen LogP contribution is -2.07. The highest BCUT2D eigenvalue weighted by Crippen LogP contribution is 2.36. The van der Waals surface area contributed by atoms with Crippen molar-refractivity contribution in [3.05, 3.63) is 23.5 Å². The molecule has 1 N–H and O–H groups in total. The summed E-state index contributed by atoms with van der Waals surface area (Å²) in [5, 5.41) is 9.23. The highest BCUT2D eigenvalue weighted by molar-refractivity contribution is 5.38. The van der Waals surface area contributed by atoms with Gasteiger partial charge >= 0.3 is 6.18 Å². The van der Waals surface area contributed by atoms with Crippen molar-refractivity contribution in [3.8, 4) is 5.75 Å². The van der Waals surface area contributed by atoms with Crippen molar-refractivity contribution < 1.29 is 23.0 Å². The third kappa shape index (κ3) is 1.41. The molecule has 14 heavy (non-hydrogen) atoms. The average Bonchev–Trinajstić information content (AvgIpc) is 2.46. The predicted molar refractivity (Wildman–Crippen MR) is 39.7 cm³/mol. The molecule has 1 unspecified atom stereocenters. The number of aromatic nitrogens is 1. The zero-order valence-electron chi connectivity index (χ0n) is 6.88. The van der Waals surface area contributed by atoms with Crippen LogP contribution in [0.1, 0.15) is 17.4 Å². The molecule has 1 aliphatic heterocycles. The first-order valence-electron chi connectivity index (χ1n) is 3.86. The second-order valence-corrected chi connectivity index (χ2v) is 2.93. The lowest BCUT2D eigenvalue weighted by molar-refractivity contribution is -0.141. The number of aliphatic hydroxyl groups is 1. The van der Waals surface area contributed by atoms with Gasteiger partial charge in [0.15, 0.2) is 0 Å². The van der Waals surface area contributed by atoms with Crippen molar-refractivity contribution >= 4 is 0 Å². The van der Waals surface area contributed by atoms with Crippen LogP contribution >= 0.6 is 0 Å². The first kappa shape index (κ1) is 9.26. The van der Waals surface area contributed by atoms with Crippen LogP contribution in [0.4, 0.5) is 13.2 Å². The Morgan fingerprint density at radius 1 is 1.50 bits per heavy atom. The number of aliphatic hydroxyl groups excluding tert-OH is 1. The van der Waals surface area contributed by atoms with Crippen LogP contribution in [-0.2, 0) is 6.18 Å². The second-order valence-electron chi connectivity index (χ2n) is 2.93. The third-order valence-corrected chi connectivity index (χ3v) is 1.94. The number of rotatable bonds is 0. The smallest absolute Gasteiger partial charge is 0.433 e. The number of ether oxygens (including phenoxy) is 1. The summed E-state index contributed by atoms with van der Waals surface area (Å²) in [6.45, 7) is -0.0156. The van der Waals surface area contributed by atoms with Crippen molar-refractivity contribution in [3.63, 3.8) is 0 Å². The first-order valence-corrected chi connectivity index (χ1v) is 3.86. The molecular formula is C8H6F3NO2. The Morgan fingerprint density at radius 2 is 2.21 bits per heavy atom. The summed E-state index contributed by atoms with van der Waals surface area (Å²) in [7, 11) is 0. The summed E-state index contributed by atoms with van der Waals surface area (Å²) in [6, 6.07) is 0.797. The van der Waals surface area contributed by atoms with Crippen LogP contribution < -0.4 is 4.74 Å². The van der Waals surface area contributed by atoms with Gasteiger partial charge in [-0.1, -0.05) is 0 Å². The Balaban J connectivity index is 2.42. The highest BCUT2D eigenvalue weighted by Gasteiger charge is 2.35. The van der Waals surface area contributed by atoms with Gasteiger partial charge in [0.25, 0.3) is 0 Å². The molecule has 0 aromatic carbocycles. The second kappa shape index (κ2) is 2.84. The maximum Gasteiger partial charge on any atom is 0.433 e. The summed E-state index contributed by atoms with van der Waals surface area (Å²) in [5.74, 6) is 0.0554. The van der Waals surface area contributed by atoms with E-state index in [9.17, 15) is 18.3 Å². The zero-order valence-corrected chi connectivity index (χ0v) is 6.88. The van der Waals surface area contributed by atoms with E-state index < -0.39 is 18.0 Å². The van der Waals surface area contributed by atoms with Crippen LogP contribution in [0.3, 0.4) is 0 Å². The summed E-state index contributed by atoms with van der Waals surface area (Å²) < 4.78 is 41.4. The fourth-order valence-corrected chi connectivity index (χ4v) is 1.24. The molecule has 0 saturated carbocycles. The first-order chi connectivity index (χ1) is 6.48. The van der Waals surface area contributed by atoms with Gasteiger partial charge in [-0.05, 0) is 0 Å². The molecule has 0 radical (unpaired) electrons. The van der Waals surface area contributed by atoms with Crippen molar-refractivity contribution in [2.45, 2.75) is 12.3 Å². The average molecular weight is 205 g/mol. The number of hydrogen-bond acceptors (Lipinski definition) is 3. The molecule has 1 aliphatic rings. The van der Waals surface area contributed by atoms with Crippen LogP contribution in [0.15, 0.2) is 12.3 Å². The van der Waals surface area contributed by atoms with Crippen molar-refractivity contribution in [1.29, 1.82) is 0 Å². The van der Waals surface area contributed by atoms with E-state index in [4.69, 9.17) is 4.74 Å². The molecule has 0 saturated heterocycles. The summed E-state index contributed by atoms with van der Waals surface area (Å²) in [4.78, 5) is 3.21. The van der Waals surface area contributed by atoms with E-state index in [-0.39, 0.29) is 12.4 Å². The summed E-state index contributed by atoms with van der Waals surface area (Å²) in [6.07, 6.45) is -4.36. The third-order valence-electron chi connectivity index (χ3n) is 1.94. The Labute approximate surface area is 77.1 Å². The predicted octanol–water partition coefficient (Wildman–Crippen LogP) is 1.53. The number of pyridine rings is 1. The van der Waals surface area contributed by atoms with Gasteiger partial charge in [-0.2, -0.15) is 13.2 Å². The quantitative estimate of drug-likeness (QED) is 0.698. The maximum absolute atomic E-state index is 12.2. The highest BCUT2D eigenvalue weighted by atomic mass is 19.4. The zero-order chi connectivity index (χ0) is 10.3. The Bertz CT molecular complexity index is 364. The molecule has 1 atom stereocenters. The lowest BCUT2D eigenvalue weighted by atomic mass is 10.2. The molecule has 2 heterocycles. The molecule has 0 spiro atoms. The molecule has 0 bridgehead atoms. The topological polar surface area (TPSA) is 42.4 Å². The van der Waals surface area contributed by atoms with Gasteiger partial charge in [0, 0.05) is 17.8 Å². The Morgan fingerprint density at radius 3 is 2.86 bits per heavy atom. The molecule has 1 aromatic heterocycles. The molecule has 2 rings (SSSR count). The van der Waals surface area contributed by atoms with Gasteiger partial charge in [0.2, 0.25) is 0 Å². The largest absolute Gasteiger partial charge is 0.490 e. The number of hydrogen-bond donors (Lipinski definition) is 1. The normalized spacial score (nSPS) is 20.4. The minimum Gasteiger partial charge on any atom is -0.490 e. The monoisotopic (exact) mass is 205 g/mol. The van der Waals surface area contributed by atoms with E-state index in [1.807, 2.05) is 0 Å². The molecule has 0 aliphatic carbocycles. The molecule has 1 aromatic rings. The van der Waals surface area contributed by atoms with Gasteiger partial charge in [-0.25, -0.2) is 0 Å². The van der Waals surface area contributed by atoms with E-state index >= 15 is 0 Å². The summed E-state index contributed by atoms with van der Waals surface area (Å²) in [5.41, 5.74) is -0.705. The van der Waals surface area contributed by atoms with Crippen LogP contribution in [0.25, 0.3) is 0 Å². The molecule has 6 heteroatoms. The Kier molecular flexibility index (Phi) is 1.88. The van der Waals surface area contributed by atoms with E-state index in [2.05, 4.69) is 4.98 Å². The lowest BCUT2D eigenvalue weighted by Gasteiger charge is -2.06. The van der Waals surface area contributed by atoms with Gasteiger partial charge < -0.3 is 9.84 Å². The van der Waals surface area contributed by atoms with Crippen LogP contribution in [0, 0.1) is 0 Å². The number of halogens is 3. The number of nitrogens with zero attached hydrogens (tertiary/aromatic N) is 1. The molecule has 0 amide bonds. The number of alkyl halides is 3. The maximum atomic E-state index is 12.2. The molecule has 0 fully saturated rings. The van der Waals surface area contributed by atoms with Crippen molar-refractivity contribution in [2.75, 3.05) is 6.61 Å². The van der Waals surface area contributed by atoms with E-state index in [1.54, 1.807) is 0 Å². The molecular weight excluding hydrogens is 199 g/mol.